The van der Waals surface area contributed by atoms with Gasteiger partial charge in [0.15, 0.2) is 0 Å². The first-order valence-electron chi connectivity index (χ1n) is 25.6. The van der Waals surface area contributed by atoms with Gasteiger partial charge >= 0.3 is 29.8 Å². The van der Waals surface area contributed by atoms with E-state index in [0.717, 1.165) is 74.5 Å². The molecular formula is C59H74O10. The van der Waals surface area contributed by atoms with Gasteiger partial charge in [0.25, 0.3) is 0 Å². The Morgan fingerprint density at radius 1 is 0.536 bits per heavy atom. The fourth-order valence-electron chi connectivity index (χ4n) is 14.2. The van der Waals surface area contributed by atoms with Crippen LogP contribution in [0.4, 0.5) is 0 Å². The van der Waals surface area contributed by atoms with Crippen LogP contribution in [0.2, 0.25) is 0 Å². The first kappa shape index (κ1) is 50.1. The van der Waals surface area contributed by atoms with Gasteiger partial charge in [0.05, 0.1) is 31.1 Å². The summed E-state index contributed by atoms with van der Waals surface area (Å²) in [5.41, 5.74) is 2.50. The Balaban J connectivity index is 1.01. The Labute approximate surface area is 409 Å². The van der Waals surface area contributed by atoms with Crippen LogP contribution in [-0.4, -0.2) is 42.6 Å². The number of allylic oxidation sites excluding steroid dienone is 2. The molecule has 10 heteroatoms. The maximum Gasteiger partial charge on any atom is 0.313 e. The minimum absolute atomic E-state index is 0.0226. The maximum absolute atomic E-state index is 14.6. The van der Waals surface area contributed by atoms with Crippen LogP contribution in [0.25, 0.3) is 0 Å². The van der Waals surface area contributed by atoms with Gasteiger partial charge in [0.2, 0.25) is 0 Å². The molecule has 4 fully saturated rings. The minimum Gasteiger partial charge on any atom is -0.465 e. The Morgan fingerprint density at radius 2 is 1.04 bits per heavy atom. The van der Waals surface area contributed by atoms with Crippen LogP contribution in [0, 0.1) is 50.2 Å². The number of hydrogen-bond donors (Lipinski definition) is 0. The van der Waals surface area contributed by atoms with Gasteiger partial charge in [-0.05, 0) is 120 Å². The molecule has 0 bridgehead atoms. The zero-order valence-electron chi connectivity index (χ0n) is 41.9. The van der Waals surface area contributed by atoms with Crippen molar-refractivity contribution >= 4 is 29.8 Å². The second-order valence-corrected chi connectivity index (χ2v) is 22.9. The van der Waals surface area contributed by atoms with Crippen LogP contribution >= 0.6 is 0 Å². The summed E-state index contributed by atoms with van der Waals surface area (Å²) in [4.78, 5) is 67.2. The molecule has 0 spiro atoms. The van der Waals surface area contributed by atoms with E-state index in [9.17, 15) is 24.0 Å². The van der Waals surface area contributed by atoms with Crippen molar-refractivity contribution in [3.05, 3.63) is 119 Å². The molecule has 5 aliphatic carbocycles. The van der Waals surface area contributed by atoms with Crippen molar-refractivity contribution < 1.29 is 47.7 Å². The molecule has 2 unspecified atom stereocenters. The monoisotopic (exact) mass is 943 g/mol. The van der Waals surface area contributed by atoms with Crippen molar-refractivity contribution in [2.75, 3.05) is 6.61 Å². The van der Waals surface area contributed by atoms with Crippen LogP contribution in [0.3, 0.4) is 0 Å². The average Bonchev–Trinajstić information content (AvgIpc) is 3.34. The molecule has 69 heavy (non-hydrogen) atoms. The number of esters is 5. The number of carbonyl (C=O) groups is 5. The predicted octanol–water partition coefficient (Wildman–Crippen LogP) is 12.0. The van der Waals surface area contributed by atoms with Gasteiger partial charge in [-0.15, -0.1) is 0 Å². The quantitative estimate of drug-likeness (QED) is 0.0777. The fraction of sp³-hybridized carbons (Fsp3) is 0.576. The molecule has 4 saturated carbocycles. The summed E-state index contributed by atoms with van der Waals surface area (Å²) in [6.45, 7) is 14.8. The fourth-order valence-corrected chi connectivity index (χ4v) is 14.2. The van der Waals surface area contributed by atoms with Gasteiger partial charge in [0, 0.05) is 5.41 Å². The second kappa shape index (κ2) is 20.2. The molecule has 0 radical (unpaired) electrons. The van der Waals surface area contributed by atoms with Crippen molar-refractivity contribution in [2.45, 2.75) is 157 Å². The molecule has 0 aliphatic heterocycles. The molecule has 9 atom stereocenters. The van der Waals surface area contributed by atoms with E-state index in [1.807, 2.05) is 91.0 Å². The van der Waals surface area contributed by atoms with Crippen molar-refractivity contribution in [1.29, 1.82) is 0 Å². The Bertz CT molecular complexity index is 2360. The number of hydrogen-bond acceptors (Lipinski definition) is 10. The highest BCUT2D eigenvalue weighted by atomic mass is 16.6. The SMILES string of the molecule is CC1(C)CC[C@]2(C(=O)OCc3ccccc3)CC[C@]3(C)C(=CCC4[C@@]5(C)CC[C@H](OC(=O)CCC(=O)OCc6ccccc6)[C@@](C)(COC(=O)CCC(=O)OCc6ccccc6)C5CC[C@]43C)[C@@H]2C1. The van der Waals surface area contributed by atoms with Crippen LogP contribution in [0.1, 0.15) is 148 Å². The first-order valence-corrected chi connectivity index (χ1v) is 25.6. The number of benzene rings is 3. The van der Waals surface area contributed by atoms with Crippen molar-refractivity contribution in [2.24, 2.45) is 50.2 Å². The van der Waals surface area contributed by atoms with E-state index in [0.29, 0.717) is 6.42 Å². The van der Waals surface area contributed by atoms with E-state index >= 15 is 0 Å². The molecule has 3 aromatic rings. The number of fused-ring (bicyclic) bond motifs is 7. The first-order chi connectivity index (χ1) is 32.9. The number of carbonyl (C=O) groups excluding carboxylic acids is 5. The predicted molar refractivity (Wildman–Crippen MR) is 261 cm³/mol. The summed E-state index contributed by atoms with van der Waals surface area (Å²) >= 11 is 0. The third-order valence-electron chi connectivity index (χ3n) is 18.4. The summed E-state index contributed by atoms with van der Waals surface area (Å²) in [6.07, 6.45) is 9.97. The summed E-state index contributed by atoms with van der Waals surface area (Å²) < 4.78 is 29.7. The molecule has 3 aromatic carbocycles. The largest absolute Gasteiger partial charge is 0.465 e. The third-order valence-corrected chi connectivity index (χ3v) is 18.4. The highest BCUT2D eigenvalue weighted by Gasteiger charge is 2.70. The smallest absolute Gasteiger partial charge is 0.313 e. The number of rotatable bonds is 16. The van der Waals surface area contributed by atoms with E-state index in [2.05, 4.69) is 47.6 Å². The zero-order valence-corrected chi connectivity index (χ0v) is 41.9. The van der Waals surface area contributed by atoms with Crippen LogP contribution in [0.15, 0.2) is 103 Å². The lowest BCUT2D eigenvalue weighted by Gasteiger charge is -2.71. The Morgan fingerprint density at radius 3 is 1.61 bits per heavy atom. The lowest BCUT2D eigenvalue weighted by atomic mass is 9.33. The normalized spacial score (nSPS) is 32.0. The van der Waals surface area contributed by atoms with Gasteiger partial charge in [-0.25, -0.2) is 0 Å². The van der Waals surface area contributed by atoms with Crippen LogP contribution in [-0.2, 0) is 67.5 Å². The molecule has 5 aliphatic rings. The maximum atomic E-state index is 14.6. The highest BCUT2D eigenvalue weighted by Crippen LogP contribution is 2.76. The average molecular weight is 943 g/mol. The molecule has 0 amide bonds. The van der Waals surface area contributed by atoms with E-state index in [-0.39, 0.29) is 97.5 Å². The van der Waals surface area contributed by atoms with Crippen LogP contribution in [0.5, 0.6) is 0 Å². The Hall–Kier alpha value is -5.25. The summed E-state index contributed by atoms with van der Waals surface area (Å²) in [5.74, 6) is -1.60. The lowest BCUT2D eigenvalue weighted by Crippen LogP contribution is -2.66. The molecule has 370 valence electrons. The second-order valence-electron chi connectivity index (χ2n) is 22.9. The van der Waals surface area contributed by atoms with Gasteiger partial charge < -0.3 is 23.7 Å². The van der Waals surface area contributed by atoms with Gasteiger partial charge in [-0.3, -0.25) is 24.0 Å². The van der Waals surface area contributed by atoms with Gasteiger partial charge in [-0.1, -0.05) is 144 Å². The Kier molecular flexibility index (Phi) is 14.7. The van der Waals surface area contributed by atoms with E-state index in [1.54, 1.807) is 0 Å². The van der Waals surface area contributed by atoms with E-state index < -0.39 is 40.8 Å². The van der Waals surface area contributed by atoms with Crippen molar-refractivity contribution in [3.63, 3.8) is 0 Å². The summed E-state index contributed by atoms with van der Waals surface area (Å²) in [5, 5.41) is 0. The molecule has 0 heterocycles. The van der Waals surface area contributed by atoms with Crippen molar-refractivity contribution in [3.8, 4) is 0 Å². The van der Waals surface area contributed by atoms with E-state index in [4.69, 9.17) is 23.7 Å². The lowest BCUT2D eigenvalue weighted by molar-refractivity contribution is -0.227. The highest BCUT2D eigenvalue weighted by molar-refractivity contribution is 5.79. The molecule has 0 aromatic heterocycles. The third kappa shape index (κ3) is 10.2. The summed E-state index contributed by atoms with van der Waals surface area (Å²) in [7, 11) is 0. The van der Waals surface area contributed by atoms with Crippen molar-refractivity contribution in [1.82, 2.24) is 0 Å². The molecule has 0 saturated heterocycles. The minimum atomic E-state index is -0.760. The van der Waals surface area contributed by atoms with Gasteiger partial charge in [0.1, 0.15) is 32.5 Å². The van der Waals surface area contributed by atoms with Crippen LogP contribution < -0.4 is 0 Å². The van der Waals surface area contributed by atoms with E-state index in [1.165, 1.54) is 5.57 Å². The standard InChI is InChI=1S/C59H74O10/c1-54(2)32-34-59(53(64)67-39-43-20-14-9-15-21-43)35-33-57(5)44(45(59)36-54)22-23-47-55(3)30-29-48(69-52(63)27-26-50(61)66-38-42-18-12-8-13-19-42)56(4,46(55)28-31-58(47,57)6)40-68-51(62)25-24-49(60)65-37-41-16-10-7-11-17-41/h7-22,45-48H,23-40H2,1-6H3/t45-,46?,47?,48-,55-,56-,57+,58+,59-/m0/s1. The van der Waals surface area contributed by atoms with Gasteiger partial charge in [-0.2, -0.15) is 0 Å². The molecule has 8 rings (SSSR count). The molecule has 0 N–H and O–H groups in total. The zero-order chi connectivity index (χ0) is 49.1. The molecule has 10 nitrogen and oxygen atoms in total. The number of ether oxygens (including phenoxy) is 5. The topological polar surface area (TPSA) is 132 Å². The molecular weight excluding hydrogens is 869 g/mol. The summed E-state index contributed by atoms with van der Waals surface area (Å²) in [6, 6.07) is 28.8.